The number of alkyl halides is 2. The minimum Gasteiger partial charge on any atom is -0.437 e. The number of nitrogens with one attached hydrogen (secondary N) is 2. The molecule has 3 aromatic rings. The lowest BCUT2D eigenvalue weighted by Gasteiger charge is -2.40. The first kappa shape index (κ1) is 25.3. The van der Waals surface area contributed by atoms with Gasteiger partial charge in [0, 0.05) is 43.9 Å². The van der Waals surface area contributed by atoms with E-state index in [0.717, 1.165) is 6.20 Å². The van der Waals surface area contributed by atoms with Crippen LogP contribution in [0.4, 0.5) is 19.0 Å². The Kier molecular flexibility index (Phi) is 7.36. The number of hydrogen-bond donors (Lipinski definition) is 3. The zero-order valence-corrected chi connectivity index (χ0v) is 19.4. The number of nitrogens with zero attached hydrogens (tertiary/aromatic N) is 3. The first-order chi connectivity index (χ1) is 17.2. The molecule has 0 bridgehead atoms. The second-order valence-electron chi connectivity index (χ2n) is 8.51. The third-order valence-electron chi connectivity index (χ3n) is 6.12. The van der Waals surface area contributed by atoms with Crippen molar-refractivity contribution in [3.63, 3.8) is 0 Å². The number of halogens is 3. The molecule has 1 saturated heterocycles. The molecule has 1 aliphatic rings. The van der Waals surface area contributed by atoms with Crippen LogP contribution in [0.1, 0.15) is 30.4 Å². The Labute approximate surface area is 204 Å². The standard InChI is InChI=1S/C24H25F3N6O3/c1-14(22(34)32-20-4-3-18(12-29-20)36-21-5-2-17(25)11-30-21)33-7-6-24(26,27)19(13-33)16-8-15(9-28)23(35)31-10-16/h2-5,8,10-12,14,19H,6-7,9,13,28H2,1H3,(H,31,35)(H,29,32,34). The van der Waals surface area contributed by atoms with E-state index in [2.05, 4.69) is 20.3 Å². The molecule has 9 nitrogen and oxygen atoms in total. The van der Waals surface area contributed by atoms with Gasteiger partial charge in [0.15, 0.2) is 0 Å². The number of pyridine rings is 3. The Morgan fingerprint density at radius 1 is 1.31 bits per heavy atom. The van der Waals surface area contributed by atoms with E-state index in [4.69, 9.17) is 10.5 Å². The Balaban J connectivity index is 1.40. The fourth-order valence-electron chi connectivity index (χ4n) is 3.98. The highest BCUT2D eigenvalue weighted by Crippen LogP contribution is 2.40. The lowest BCUT2D eigenvalue weighted by atomic mass is 9.86. The van der Waals surface area contributed by atoms with Gasteiger partial charge in [-0.15, -0.1) is 0 Å². The number of H-pyrrole nitrogens is 1. The first-order valence-corrected chi connectivity index (χ1v) is 11.3. The molecule has 2 atom stereocenters. The van der Waals surface area contributed by atoms with Crippen molar-refractivity contribution in [1.29, 1.82) is 0 Å². The fourth-order valence-corrected chi connectivity index (χ4v) is 3.98. The molecule has 4 heterocycles. The molecule has 12 heteroatoms. The number of aromatic nitrogens is 3. The van der Waals surface area contributed by atoms with Gasteiger partial charge in [-0.2, -0.15) is 0 Å². The number of ether oxygens (including phenoxy) is 1. The number of rotatable bonds is 7. The number of likely N-dealkylation sites (tertiary alicyclic amines) is 1. The minimum absolute atomic E-state index is 0.0239. The Morgan fingerprint density at radius 2 is 2.11 bits per heavy atom. The maximum absolute atomic E-state index is 14.8. The van der Waals surface area contributed by atoms with Gasteiger partial charge in [0.2, 0.25) is 11.8 Å². The van der Waals surface area contributed by atoms with E-state index in [1.54, 1.807) is 17.9 Å². The normalized spacial score (nSPS) is 18.4. The second-order valence-corrected chi connectivity index (χ2v) is 8.51. The summed E-state index contributed by atoms with van der Waals surface area (Å²) in [6.45, 7) is 1.51. The van der Waals surface area contributed by atoms with Gasteiger partial charge in [0.25, 0.3) is 11.5 Å². The predicted molar refractivity (Wildman–Crippen MR) is 125 cm³/mol. The lowest BCUT2D eigenvalue weighted by Crippen LogP contribution is -2.52. The van der Waals surface area contributed by atoms with E-state index in [1.165, 1.54) is 36.7 Å². The summed E-state index contributed by atoms with van der Waals surface area (Å²) in [5, 5.41) is 2.67. The fraction of sp³-hybridized carbons (Fsp3) is 0.333. The highest BCUT2D eigenvalue weighted by atomic mass is 19.3. The second kappa shape index (κ2) is 10.5. The molecule has 4 N–H and O–H groups in total. The largest absolute Gasteiger partial charge is 0.437 e. The van der Waals surface area contributed by atoms with E-state index in [-0.39, 0.29) is 42.5 Å². The molecule has 2 unspecified atom stereocenters. The van der Waals surface area contributed by atoms with Gasteiger partial charge in [-0.1, -0.05) is 0 Å². The maximum atomic E-state index is 14.8. The number of carbonyl (C=O) groups excluding carboxylic acids is 1. The monoisotopic (exact) mass is 502 g/mol. The zero-order valence-electron chi connectivity index (χ0n) is 19.4. The van der Waals surface area contributed by atoms with E-state index in [9.17, 15) is 22.8 Å². The van der Waals surface area contributed by atoms with Crippen LogP contribution < -0.4 is 21.3 Å². The molecule has 0 spiro atoms. The van der Waals surface area contributed by atoms with Crippen molar-refractivity contribution in [2.45, 2.75) is 37.8 Å². The van der Waals surface area contributed by atoms with Crippen LogP contribution in [0.15, 0.2) is 53.7 Å². The quantitative estimate of drug-likeness (QED) is 0.453. The van der Waals surface area contributed by atoms with Crippen LogP contribution in [0.25, 0.3) is 0 Å². The summed E-state index contributed by atoms with van der Waals surface area (Å²) in [6, 6.07) is 6.33. The van der Waals surface area contributed by atoms with Crippen molar-refractivity contribution in [3.8, 4) is 11.6 Å². The van der Waals surface area contributed by atoms with Gasteiger partial charge in [0.1, 0.15) is 17.4 Å². The summed E-state index contributed by atoms with van der Waals surface area (Å²) in [5.41, 5.74) is 5.63. The van der Waals surface area contributed by atoms with Crippen LogP contribution in [0, 0.1) is 5.82 Å². The zero-order chi connectivity index (χ0) is 25.9. The number of aromatic amines is 1. The van der Waals surface area contributed by atoms with Crippen LogP contribution >= 0.6 is 0 Å². The van der Waals surface area contributed by atoms with Crippen LogP contribution in [0.5, 0.6) is 11.6 Å². The van der Waals surface area contributed by atoms with Crippen LogP contribution in [0.2, 0.25) is 0 Å². The van der Waals surface area contributed by atoms with Crippen molar-refractivity contribution >= 4 is 11.7 Å². The number of nitrogens with two attached hydrogens (primary N) is 1. The number of anilines is 1. The number of hydrogen-bond acceptors (Lipinski definition) is 7. The summed E-state index contributed by atoms with van der Waals surface area (Å²) in [6.07, 6.45) is 3.24. The number of carbonyl (C=O) groups is 1. The van der Waals surface area contributed by atoms with Crippen molar-refractivity contribution in [2.24, 2.45) is 5.73 Å². The molecular weight excluding hydrogens is 477 g/mol. The molecule has 3 aromatic heterocycles. The molecule has 1 amide bonds. The third kappa shape index (κ3) is 5.71. The van der Waals surface area contributed by atoms with Gasteiger partial charge in [-0.05, 0) is 36.8 Å². The van der Waals surface area contributed by atoms with Crippen LogP contribution in [-0.4, -0.2) is 50.8 Å². The first-order valence-electron chi connectivity index (χ1n) is 11.3. The molecule has 1 fully saturated rings. The molecule has 190 valence electrons. The molecule has 4 rings (SSSR count). The molecule has 0 aromatic carbocycles. The van der Waals surface area contributed by atoms with Crippen molar-refractivity contribution in [2.75, 3.05) is 18.4 Å². The summed E-state index contributed by atoms with van der Waals surface area (Å²) in [7, 11) is 0. The summed E-state index contributed by atoms with van der Waals surface area (Å²) in [5.74, 6) is -4.36. The maximum Gasteiger partial charge on any atom is 0.257 e. The molecular formula is C24H25F3N6O3. The molecule has 0 radical (unpaired) electrons. The van der Waals surface area contributed by atoms with E-state index < -0.39 is 41.6 Å². The molecule has 1 aliphatic heterocycles. The molecule has 0 saturated carbocycles. The van der Waals surface area contributed by atoms with Crippen molar-refractivity contribution < 1.29 is 22.7 Å². The Bertz CT molecular complexity index is 1270. The SMILES string of the molecule is CC(C(=O)Nc1ccc(Oc2ccc(F)cn2)cn1)N1CCC(F)(F)C(c2c[nH]c(=O)c(CN)c2)C1. The third-order valence-corrected chi connectivity index (χ3v) is 6.12. The van der Waals surface area contributed by atoms with Crippen LogP contribution in [0.3, 0.4) is 0 Å². The molecule has 36 heavy (non-hydrogen) atoms. The average Bonchev–Trinajstić information content (AvgIpc) is 2.86. The Morgan fingerprint density at radius 3 is 2.78 bits per heavy atom. The van der Waals surface area contributed by atoms with Crippen molar-refractivity contribution in [3.05, 3.63) is 76.2 Å². The van der Waals surface area contributed by atoms with Crippen molar-refractivity contribution in [1.82, 2.24) is 19.9 Å². The van der Waals surface area contributed by atoms with Gasteiger partial charge < -0.3 is 20.8 Å². The number of amides is 1. The predicted octanol–water partition coefficient (Wildman–Crippen LogP) is 3.01. The smallest absolute Gasteiger partial charge is 0.257 e. The van der Waals surface area contributed by atoms with Gasteiger partial charge >= 0.3 is 0 Å². The summed E-state index contributed by atoms with van der Waals surface area (Å²) in [4.78, 5) is 36.7. The van der Waals surface area contributed by atoms with E-state index in [1.807, 2.05) is 0 Å². The lowest BCUT2D eigenvalue weighted by molar-refractivity contribution is -0.125. The van der Waals surface area contributed by atoms with Crippen LogP contribution in [-0.2, 0) is 11.3 Å². The summed E-state index contributed by atoms with van der Waals surface area (Å²) >= 11 is 0. The highest BCUT2D eigenvalue weighted by Gasteiger charge is 2.46. The Hall–Kier alpha value is -3.77. The molecule has 0 aliphatic carbocycles. The number of piperidine rings is 1. The highest BCUT2D eigenvalue weighted by molar-refractivity contribution is 5.93. The van der Waals surface area contributed by atoms with E-state index >= 15 is 0 Å². The van der Waals surface area contributed by atoms with Gasteiger partial charge in [-0.3, -0.25) is 14.5 Å². The van der Waals surface area contributed by atoms with Gasteiger partial charge in [-0.25, -0.2) is 23.1 Å². The topological polar surface area (TPSA) is 126 Å². The summed E-state index contributed by atoms with van der Waals surface area (Å²) < 4.78 is 48.0. The average molecular weight is 502 g/mol. The van der Waals surface area contributed by atoms with Gasteiger partial charge in [0.05, 0.1) is 24.4 Å². The van der Waals surface area contributed by atoms with E-state index in [0.29, 0.717) is 5.75 Å². The minimum atomic E-state index is -3.01.